The fourth-order valence-corrected chi connectivity index (χ4v) is 2.53. The topological polar surface area (TPSA) is 200 Å². The normalized spacial score (nSPS) is 14.2. The van der Waals surface area contributed by atoms with Gasteiger partial charge in [-0.25, -0.2) is 4.79 Å². The molecule has 0 aromatic heterocycles. The van der Waals surface area contributed by atoms with Crippen LogP contribution in [0, 0.1) is 0 Å². The zero-order chi connectivity index (χ0) is 20.7. The van der Waals surface area contributed by atoms with Crippen LogP contribution < -0.4 is 33.6 Å². The summed E-state index contributed by atoms with van der Waals surface area (Å²) < 4.78 is 0. The van der Waals surface area contributed by atoms with Gasteiger partial charge in [-0.2, -0.15) is 0 Å². The zero-order valence-electron chi connectivity index (χ0n) is 16.0. The molecule has 0 fully saturated rings. The first-order valence-electron chi connectivity index (χ1n) is 9.56. The number of carboxylic acid groups (broad SMARTS) is 1. The van der Waals surface area contributed by atoms with Crippen molar-refractivity contribution in [2.75, 3.05) is 19.6 Å². The average molecular weight is 389 g/mol. The van der Waals surface area contributed by atoms with Gasteiger partial charge in [0.1, 0.15) is 12.1 Å². The Bertz CT molecular complexity index is 449. The highest BCUT2D eigenvalue weighted by Crippen LogP contribution is 2.05. The Labute approximate surface area is 160 Å². The van der Waals surface area contributed by atoms with E-state index in [0.29, 0.717) is 58.2 Å². The minimum atomic E-state index is -1.12. The van der Waals surface area contributed by atoms with Gasteiger partial charge < -0.3 is 38.7 Å². The van der Waals surface area contributed by atoms with Gasteiger partial charge in [-0.15, -0.1) is 0 Å². The number of hydrogen-bond donors (Lipinski definition) is 7. The summed E-state index contributed by atoms with van der Waals surface area (Å²) in [5.41, 5.74) is 22.2. The Morgan fingerprint density at radius 3 is 1.70 bits per heavy atom. The predicted octanol–water partition coefficient (Wildman–Crippen LogP) is -1.64. The number of hydrogen-bond acceptors (Lipinski definition) is 7. The van der Waals surface area contributed by atoms with E-state index in [2.05, 4.69) is 10.6 Å². The van der Waals surface area contributed by atoms with E-state index in [1.807, 2.05) is 0 Å². The standard InChI is InChI=1S/C17H36N6O4/c18-9-3-1-6-12(21)15(24)22-13(8-5-11-20)16(25)23-14(17(26)27)7-2-4-10-19/h12-14H,1-11,18-21H2,(H,22,24)(H,23,25)(H,26,27). The van der Waals surface area contributed by atoms with E-state index in [1.165, 1.54) is 0 Å². The van der Waals surface area contributed by atoms with E-state index < -0.39 is 35.9 Å². The minimum Gasteiger partial charge on any atom is -0.480 e. The van der Waals surface area contributed by atoms with Crippen LogP contribution in [0.2, 0.25) is 0 Å². The Balaban J connectivity index is 4.80. The van der Waals surface area contributed by atoms with Crippen molar-refractivity contribution in [3.8, 4) is 0 Å². The summed E-state index contributed by atoms with van der Waals surface area (Å²) in [6.45, 7) is 1.33. The number of nitrogens with two attached hydrogens (primary N) is 4. The molecule has 0 aromatic carbocycles. The molecule has 0 heterocycles. The van der Waals surface area contributed by atoms with Crippen LogP contribution in [0.25, 0.3) is 0 Å². The largest absolute Gasteiger partial charge is 0.480 e. The Morgan fingerprint density at radius 2 is 1.19 bits per heavy atom. The summed E-state index contributed by atoms with van der Waals surface area (Å²) in [7, 11) is 0. The molecule has 0 saturated heterocycles. The first-order chi connectivity index (χ1) is 12.9. The van der Waals surface area contributed by atoms with Gasteiger partial charge in [-0.05, 0) is 64.6 Å². The molecule has 158 valence electrons. The van der Waals surface area contributed by atoms with E-state index >= 15 is 0 Å². The summed E-state index contributed by atoms with van der Waals surface area (Å²) in [4.78, 5) is 36.1. The summed E-state index contributed by atoms with van der Waals surface area (Å²) >= 11 is 0. The van der Waals surface area contributed by atoms with Gasteiger partial charge in [-0.3, -0.25) is 9.59 Å². The third kappa shape index (κ3) is 11.5. The number of carboxylic acids is 1. The Hall–Kier alpha value is -1.75. The quantitative estimate of drug-likeness (QED) is 0.153. The Morgan fingerprint density at radius 1 is 0.704 bits per heavy atom. The molecule has 0 aromatic rings. The van der Waals surface area contributed by atoms with Gasteiger partial charge in [0.2, 0.25) is 11.8 Å². The van der Waals surface area contributed by atoms with E-state index in [1.54, 1.807) is 0 Å². The predicted molar refractivity (Wildman–Crippen MR) is 104 cm³/mol. The number of unbranched alkanes of at least 4 members (excludes halogenated alkanes) is 2. The maximum atomic E-state index is 12.5. The lowest BCUT2D eigenvalue weighted by Gasteiger charge is -2.23. The lowest BCUT2D eigenvalue weighted by Crippen LogP contribution is -2.54. The summed E-state index contributed by atoms with van der Waals surface area (Å²) in [6, 6.07) is -2.65. The summed E-state index contributed by atoms with van der Waals surface area (Å²) in [5.74, 6) is -2.12. The molecular weight excluding hydrogens is 352 g/mol. The highest BCUT2D eigenvalue weighted by Gasteiger charge is 2.27. The lowest BCUT2D eigenvalue weighted by atomic mass is 10.1. The van der Waals surface area contributed by atoms with Gasteiger partial charge in [0.25, 0.3) is 0 Å². The van der Waals surface area contributed by atoms with Crippen molar-refractivity contribution in [1.29, 1.82) is 0 Å². The molecule has 0 bridgehead atoms. The molecular formula is C17H36N6O4. The number of nitrogens with one attached hydrogen (secondary N) is 2. The molecule has 0 radical (unpaired) electrons. The third-order valence-corrected chi connectivity index (χ3v) is 4.20. The van der Waals surface area contributed by atoms with Crippen molar-refractivity contribution in [3.05, 3.63) is 0 Å². The van der Waals surface area contributed by atoms with Crippen LogP contribution in [0.3, 0.4) is 0 Å². The van der Waals surface area contributed by atoms with Gasteiger partial charge in [0.05, 0.1) is 6.04 Å². The monoisotopic (exact) mass is 388 g/mol. The van der Waals surface area contributed by atoms with Gasteiger partial charge in [0, 0.05) is 0 Å². The second kappa shape index (κ2) is 15.3. The fourth-order valence-electron chi connectivity index (χ4n) is 2.53. The molecule has 0 saturated carbocycles. The smallest absolute Gasteiger partial charge is 0.326 e. The van der Waals surface area contributed by atoms with Crippen molar-refractivity contribution in [1.82, 2.24) is 10.6 Å². The zero-order valence-corrected chi connectivity index (χ0v) is 16.0. The highest BCUT2D eigenvalue weighted by molar-refractivity contribution is 5.91. The van der Waals surface area contributed by atoms with Crippen LogP contribution in [0.5, 0.6) is 0 Å². The first-order valence-corrected chi connectivity index (χ1v) is 9.56. The lowest BCUT2D eigenvalue weighted by molar-refractivity contribution is -0.142. The van der Waals surface area contributed by atoms with Gasteiger partial charge >= 0.3 is 5.97 Å². The molecule has 0 aliphatic rings. The maximum absolute atomic E-state index is 12.5. The molecule has 10 nitrogen and oxygen atoms in total. The molecule has 3 atom stereocenters. The molecule has 0 aliphatic heterocycles. The van der Waals surface area contributed by atoms with Crippen LogP contribution >= 0.6 is 0 Å². The molecule has 0 aliphatic carbocycles. The van der Waals surface area contributed by atoms with Gasteiger partial charge in [0.15, 0.2) is 0 Å². The average Bonchev–Trinajstić information content (AvgIpc) is 2.63. The Kier molecular flexibility index (Phi) is 14.3. The molecule has 11 N–H and O–H groups in total. The SMILES string of the molecule is NCCCCC(N)C(=O)NC(CCCN)C(=O)NC(CCCCN)C(=O)O. The molecule has 0 rings (SSSR count). The summed E-state index contributed by atoms with van der Waals surface area (Å²) in [5, 5.41) is 14.4. The molecule has 0 spiro atoms. The molecule has 2 amide bonds. The second-order valence-electron chi connectivity index (χ2n) is 6.57. The van der Waals surface area contributed by atoms with Crippen molar-refractivity contribution >= 4 is 17.8 Å². The second-order valence-corrected chi connectivity index (χ2v) is 6.57. The van der Waals surface area contributed by atoms with Crippen molar-refractivity contribution in [2.24, 2.45) is 22.9 Å². The summed E-state index contributed by atoms with van der Waals surface area (Å²) in [6.07, 6.45) is 4.28. The molecule has 27 heavy (non-hydrogen) atoms. The van der Waals surface area contributed by atoms with Crippen LogP contribution in [0.1, 0.15) is 51.4 Å². The van der Waals surface area contributed by atoms with E-state index in [4.69, 9.17) is 22.9 Å². The van der Waals surface area contributed by atoms with Crippen LogP contribution in [-0.4, -0.2) is 60.6 Å². The molecule has 10 heteroatoms. The van der Waals surface area contributed by atoms with Crippen LogP contribution in [0.15, 0.2) is 0 Å². The van der Waals surface area contributed by atoms with Crippen LogP contribution in [-0.2, 0) is 14.4 Å². The van der Waals surface area contributed by atoms with Crippen LogP contribution in [0.4, 0.5) is 0 Å². The van der Waals surface area contributed by atoms with E-state index in [0.717, 1.165) is 6.42 Å². The van der Waals surface area contributed by atoms with Gasteiger partial charge in [-0.1, -0.05) is 6.42 Å². The first kappa shape index (κ1) is 25.2. The minimum absolute atomic E-state index is 0.272. The van der Waals surface area contributed by atoms with Crippen molar-refractivity contribution in [2.45, 2.75) is 69.5 Å². The number of aliphatic carboxylic acids is 1. The van der Waals surface area contributed by atoms with E-state index in [9.17, 15) is 19.5 Å². The highest BCUT2D eigenvalue weighted by atomic mass is 16.4. The van der Waals surface area contributed by atoms with Crippen molar-refractivity contribution in [3.63, 3.8) is 0 Å². The maximum Gasteiger partial charge on any atom is 0.326 e. The number of carbonyl (C=O) groups is 3. The van der Waals surface area contributed by atoms with Crippen molar-refractivity contribution < 1.29 is 19.5 Å². The molecule has 3 unspecified atom stereocenters. The van der Waals surface area contributed by atoms with E-state index in [-0.39, 0.29) is 6.42 Å². The third-order valence-electron chi connectivity index (χ3n) is 4.20. The fraction of sp³-hybridized carbons (Fsp3) is 0.824. The number of amides is 2. The number of rotatable bonds is 16. The number of carbonyl (C=O) groups excluding carboxylic acids is 2.